The lowest BCUT2D eigenvalue weighted by Crippen LogP contribution is -2.15. The largest absolute Gasteiger partial charge is 0.311 e. The van der Waals surface area contributed by atoms with Crippen LogP contribution in [0.15, 0.2) is 152 Å². The molecule has 0 aliphatic rings. The molecule has 4 aromatic rings. The molecule has 0 N–H and O–H groups in total. The van der Waals surface area contributed by atoms with Crippen LogP contribution in [0.5, 0.6) is 0 Å². The molecular formula is C31H28N2. The Morgan fingerprint density at radius 2 is 0.970 bits per heavy atom. The number of benzene rings is 4. The van der Waals surface area contributed by atoms with E-state index in [4.69, 9.17) is 0 Å². The van der Waals surface area contributed by atoms with Crippen LogP contribution in [0, 0.1) is 0 Å². The molecular weight excluding hydrogens is 400 g/mol. The van der Waals surface area contributed by atoms with E-state index in [2.05, 4.69) is 133 Å². The van der Waals surface area contributed by atoms with E-state index in [-0.39, 0.29) is 0 Å². The van der Waals surface area contributed by atoms with Crippen molar-refractivity contribution in [2.45, 2.75) is 6.92 Å². The van der Waals surface area contributed by atoms with Crippen molar-refractivity contribution in [2.24, 2.45) is 0 Å². The normalized spacial score (nSPS) is 11.4. The lowest BCUT2D eigenvalue weighted by atomic mass is 10.1. The minimum atomic E-state index is 1.08. The number of hydrogen-bond acceptors (Lipinski definition) is 2. The van der Waals surface area contributed by atoms with Gasteiger partial charge in [0, 0.05) is 34.1 Å². The molecule has 0 saturated heterocycles. The molecule has 0 radical (unpaired) electrons. The SMILES string of the molecule is C=C/C=C\C(=C/C)N(c1ccccc1)c1ccc(N(c2ccccc2)c2ccccc2)cc1. The molecule has 0 unspecified atom stereocenters. The van der Waals surface area contributed by atoms with Crippen LogP contribution in [0.4, 0.5) is 28.4 Å². The zero-order valence-corrected chi connectivity index (χ0v) is 18.9. The molecule has 0 amide bonds. The van der Waals surface area contributed by atoms with Crippen LogP contribution in [0.2, 0.25) is 0 Å². The maximum atomic E-state index is 3.82. The molecule has 0 aliphatic heterocycles. The highest BCUT2D eigenvalue weighted by Crippen LogP contribution is 2.37. The highest BCUT2D eigenvalue weighted by molar-refractivity contribution is 5.79. The molecule has 4 aromatic carbocycles. The van der Waals surface area contributed by atoms with Crippen molar-refractivity contribution < 1.29 is 0 Å². The zero-order valence-electron chi connectivity index (χ0n) is 18.9. The molecule has 0 fully saturated rings. The van der Waals surface area contributed by atoms with Gasteiger partial charge in [0.2, 0.25) is 0 Å². The van der Waals surface area contributed by atoms with Crippen molar-refractivity contribution in [3.8, 4) is 0 Å². The summed E-state index contributed by atoms with van der Waals surface area (Å²) in [6, 6.07) is 40.0. The van der Waals surface area contributed by atoms with E-state index in [9.17, 15) is 0 Å². The van der Waals surface area contributed by atoms with E-state index in [1.165, 1.54) is 0 Å². The predicted molar refractivity (Wildman–Crippen MR) is 143 cm³/mol. The van der Waals surface area contributed by atoms with Gasteiger partial charge in [-0.3, -0.25) is 0 Å². The average molecular weight is 429 g/mol. The van der Waals surface area contributed by atoms with E-state index in [0.717, 1.165) is 34.1 Å². The number of allylic oxidation sites excluding steroid dienone is 4. The summed E-state index contributed by atoms with van der Waals surface area (Å²) >= 11 is 0. The average Bonchev–Trinajstić information content (AvgIpc) is 2.89. The minimum absolute atomic E-state index is 1.08. The third kappa shape index (κ3) is 5.13. The standard InChI is InChI=1S/C31H28N2/c1-3-5-15-26(4-2)32(27-16-9-6-10-17-27)30-22-24-31(25-23-30)33(28-18-11-7-12-19-28)29-20-13-8-14-21-29/h3-25H,1H2,2H3/b15-5-,26-4+. The molecule has 33 heavy (non-hydrogen) atoms. The van der Waals surface area contributed by atoms with Crippen LogP contribution in [-0.4, -0.2) is 0 Å². The van der Waals surface area contributed by atoms with Crippen molar-refractivity contribution >= 4 is 28.4 Å². The Balaban J connectivity index is 1.77. The van der Waals surface area contributed by atoms with Crippen LogP contribution in [0.1, 0.15) is 6.92 Å². The lowest BCUT2D eigenvalue weighted by molar-refractivity contribution is 1.19. The van der Waals surface area contributed by atoms with Gasteiger partial charge in [-0.15, -0.1) is 0 Å². The zero-order chi connectivity index (χ0) is 22.9. The summed E-state index contributed by atoms with van der Waals surface area (Å²) in [4.78, 5) is 4.52. The second-order valence-corrected chi connectivity index (χ2v) is 7.50. The fraction of sp³-hybridized carbons (Fsp3) is 0.0323. The van der Waals surface area contributed by atoms with E-state index < -0.39 is 0 Å². The lowest BCUT2D eigenvalue weighted by Gasteiger charge is -2.28. The molecule has 0 saturated carbocycles. The van der Waals surface area contributed by atoms with Gasteiger partial charge in [-0.1, -0.05) is 79.4 Å². The molecule has 0 heterocycles. The first-order chi connectivity index (χ1) is 16.3. The maximum Gasteiger partial charge on any atom is 0.0463 e. The predicted octanol–water partition coefficient (Wildman–Crippen LogP) is 8.94. The summed E-state index contributed by atoms with van der Waals surface area (Å²) < 4.78 is 0. The fourth-order valence-electron chi connectivity index (χ4n) is 3.84. The Hall–Kier alpha value is -4.30. The van der Waals surface area contributed by atoms with Crippen molar-refractivity contribution in [2.75, 3.05) is 9.80 Å². The van der Waals surface area contributed by atoms with Crippen LogP contribution in [0.25, 0.3) is 0 Å². The molecule has 0 aliphatic carbocycles. The monoisotopic (exact) mass is 428 g/mol. The molecule has 0 bridgehead atoms. The molecule has 162 valence electrons. The second-order valence-electron chi connectivity index (χ2n) is 7.50. The number of rotatable bonds is 8. The maximum absolute atomic E-state index is 3.82. The fourth-order valence-corrected chi connectivity index (χ4v) is 3.84. The Bertz CT molecular complexity index is 1170. The smallest absolute Gasteiger partial charge is 0.0463 e. The van der Waals surface area contributed by atoms with Crippen molar-refractivity contribution in [3.63, 3.8) is 0 Å². The first-order valence-corrected chi connectivity index (χ1v) is 11.1. The van der Waals surface area contributed by atoms with Crippen molar-refractivity contribution in [1.82, 2.24) is 0 Å². The molecule has 0 aromatic heterocycles. The van der Waals surface area contributed by atoms with Gasteiger partial charge in [0.25, 0.3) is 0 Å². The van der Waals surface area contributed by atoms with E-state index in [1.807, 2.05) is 24.3 Å². The summed E-state index contributed by atoms with van der Waals surface area (Å²) in [7, 11) is 0. The number of hydrogen-bond donors (Lipinski definition) is 0. The molecule has 0 spiro atoms. The van der Waals surface area contributed by atoms with Crippen LogP contribution < -0.4 is 9.80 Å². The van der Waals surface area contributed by atoms with Gasteiger partial charge in [-0.05, 0) is 73.7 Å². The minimum Gasteiger partial charge on any atom is -0.311 e. The van der Waals surface area contributed by atoms with Gasteiger partial charge in [-0.25, -0.2) is 0 Å². The first kappa shape index (κ1) is 21.9. The van der Waals surface area contributed by atoms with Crippen molar-refractivity contribution in [3.05, 3.63) is 152 Å². The third-order valence-corrected chi connectivity index (χ3v) is 5.37. The highest BCUT2D eigenvalue weighted by Gasteiger charge is 2.15. The number of anilines is 5. The Labute approximate surface area is 197 Å². The Morgan fingerprint density at radius 1 is 0.576 bits per heavy atom. The Morgan fingerprint density at radius 3 is 1.42 bits per heavy atom. The van der Waals surface area contributed by atoms with Gasteiger partial charge >= 0.3 is 0 Å². The molecule has 2 heteroatoms. The summed E-state index contributed by atoms with van der Waals surface area (Å²) in [6.45, 7) is 5.88. The number of nitrogens with zero attached hydrogens (tertiary/aromatic N) is 2. The Kier molecular flexibility index (Phi) is 7.19. The topological polar surface area (TPSA) is 6.48 Å². The second kappa shape index (κ2) is 10.8. The molecule has 0 atom stereocenters. The molecule has 4 rings (SSSR count). The van der Waals surface area contributed by atoms with Gasteiger partial charge in [0.15, 0.2) is 0 Å². The van der Waals surface area contributed by atoms with Crippen LogP contribution in [0.3, 0.4) is 0 Å². The van der Waals surface area contributed by atoms with E-state index >= 15 is 0 Å². The van der Waals surface area contributed by atoms with Crippen molar-refractivity contribution in [1.29, 1.82) is 0 Å². The highest BCUT2D eigenvalue weighted by atomic mass is 15.2. The van der Waals surface area contributed by atoms with E-state index in [0.29, 0.717) is 0 Å². The quantitative estimate of drug-likeness (QED) is 0.258. The van der Waals surface area contributed by atoms with Gasteiger partial charge < -0.3 is 9.80 Å². The van der Waals surface area contributed by atoms with E-state index in [1.54, 1.807) is 6.08 Å². The van der Waals surface area contributed by atoms with Crippen LogP contribution >= 0.6 is 0 Å². The summed E-state index contributed by atoms with van der Waals surface area (Å²) in [5.41, 5.74) is 6.63. The molecule has 2 nitrogen and oxygen atoms in total. The summed E-state index contributed by atoms with van der Waals surface area (Å²) in [5.74, 6) is 0. The first-order valence-electron chi connectivity index (χ1n) is 11.1. The van der Waals surface area contributed by atoms with Gasteiger partial charge in [0.1, 0.15) is 0 Å². The summed E-state index contributed by atoms with van der Waals surface area (Å²) in [6.07, 6.45) is 7.95. The third-order valence-electron chi connectivity index (χ3n) is 5.37. The summed E-state index contributed by atoms with van der Waals surface area (Å²) in [5, 5.41) is 0. The van der Waals surface area contributed by atoms with Gasteiger partial charge in [0.05, 0.1) is 0 Å². The van der Waals surface area contributed by atoms with Gasteiger partial charge in [-0.2, -0.15) is 0 Å². The number of para-hydroxylation sites is 3. The van der Waals surface area contributed by atoms with Crippen LogP contribution in [-0.2, 0) is 0 Å².